The molecule has 1 aromatic heterocycles. The molecule has 0 bridgehead atoms. The summed E-state index contributed by atoms with van der Waals surface area (Å²) >= 11 is 0. The first-order valence-electron chi connectivity index (χ1n) is 7.60. The highest BCUT2D eigenvalue weighted by molar-refractivity contribution is 5.68. The van der Waals surface area contributed by atoms with Crippen LogP contribution in [0, 0.1) is 0 Å². The second-order valence-electron chi connectivity index (χ2n) is 6.38. The lowest BCUT2D eigenvalue weighted by molar-refractivity contribution is 0.590. The number of hydrogen-bond donors (Lipinski definition) is 1. The number of nitrogens with one attached hydrogen (secondary N) is 1. The Kier molecular flexibility index (Phi) is 4.61. The van der Waals surface area contributed by atoms with Gasteiger partial charge in [-0.15, -0.1) is 0 Å². The van der Waals surface area contributed by atoms with Gasteiger partial charge in [0.15, 0.2) is 0 Å². The molecule has 0 fully saturated rings. The van der Waals surface area contributed by atoms with Crippen LogP contribution in [0.15, 0.2) is 30.6 Å². The molecule has 0 spiro atoms. The van der Waals surface area contributed by atoms with Crippen LogP contribution in [0.5, 0.6) is 0 Å². The highest BCUT2D eigenvalue weighted by atomic mass is 15.0. The molecule has 1 aromatic carbocycles. The first-order valence-corrected chi connectivity index (χ1v) is 7.60. The van der Waals surface area contributed by atoms with Crippen LogP contribution in [-0.2, 0) is 11.8 Å². The van der Waals surface area contributed by atoms with Crippen LogP contribution in [0.1, 0.15) is 45.2 Å². The van der Waals surface area contributed by atoms with E-state index in [-0.39, 0.29) is 5.41 Å². The molecular formula is C18H25N3. The van der Waals surface area contributed by atoms with Gasteiger partial charge in [-0.3, -0.25) is 0 Å². The lowest BCUT2D eigenvalue weighted by atomic mass is 9.86. The lowest BCUT2D eigenvalue weighted by Gasteiger charge is -2.19. The molecule has 0 amide bonds. The Bertz CT molecular complexity index is 595. The third kappa shape index (κ3) is 3.41. The van der Waals surface area contributed by atoms with Crippen molar-refractivity contribution in [3.63, 3.8) is 0 Å². The van der Waals surface area contributed by atoms with Crippen molar-refractivity contribution in [2.24, 2.45) is 0 Å². The quantitative estimate of drug-likeness (QED) is 0.901. The fraction of sp³-hybridized carbons (Fsp3) is 0.444. The summed E-state index contributed by atoms with van der Waals surface area (Å²) in [5, 5.41) is 3.18. The molecule has 3 heteroatoms. The molecule has 0 aliphatic rings. The molecule has 0 saturated carbocycles. The highest BCUT2D eigenvalue weighted by Crippen LogP contribution is 2.29. The van der Waals surface area contributed by atoms with Crippen molar-refractivity contribution in [2.45, 2.75) is 46.0 Å². The third-order valence-corrected chi connectivity index (χ3v) is 3.71. The van der Waals surface area contributed by atoms with Gasteiger partial charge in [-0.25, -0.2) is 9.97 Å². The zero-order valence-corrected chi connectivity index (χ0v) is 13.7. The molecular weight excluding hydrogens is 258 g/mol. The zero-order chi connectivity index (χ0) is 15.5. The largest absolute Gasteiger partial charge is 0.373 e. The Morgan fingerprint density at radius 1 is 1.05 bits per heavy atom. The van der Waals surface area contributed by atoms with E-state index in [2.05, 4.69) is 67.2 Å². The number of benzene rings is 1. The number of aromatic nitrogens is 2. The standard InChI is InChI=1S/C18H25N3/c1-6-7-15-16(20-12-21-17(15)19-5)13-8-10-14(11-9-13)18(2,3)4/h8-12H,6-7H2,1-5H3,(H,19,20,21). The van der Waals surface area contributed by atoms with E-state index in [1.165, 1.54) is 11.1 Å². The van der Waals surface area contributed by atoms with E-state index in [4.69, 9.17) is 0 Å². The predicted molar refractivity (Wildman–Crippen MR) is 89.7 cm³/mol. The number of rotatable bonds is 4. The van der Waals surface area contributed by atoms with Gasteiger partial charge in [-0.1, -0.05) is 58.4 Å². The first kappa shape index (κ1) is 15.5. The van der Waals surface area contributed by atoms with Crippen molar-refractivity contribution in [3.8, 4) is 11.3 Å². The lowest BCUT2D eigenvalue weighted by Crippen LogP contribution is -2.10. The fourth-order valence-corrected chi connectivity index (χ4v) is 2.49. The fourth-order valence-electron chi connectivity index (χ4n) is 2.49. The SMILES string of the molecule is CCCc1c(NC)ncnc1-c1ccc(C(C)(C)C)cc1. The summed E-state index contributed by atoms with van der Waals surface area (Å²) in [7, 11) is 1.91. The van der Waals surface area contributed by atoms with Gasteiger partial charge >= 0.3 is 0 Å². The molecule has 3 nitrogen and oxygen atoms in total. The molecule has 2 rings (SSSR count). The normalized spacial score (nSPS) is 11.5. The summed E-state index contributed by atoms with van der Waals surface area (Å²) < 4.78 is 0. The van der Waals surface area contributed by atoms with E-state index >= 15 is 0 Å². The first-order chi connectivity index (χ1) is 9.97. The Morgan fingerprint density at radius 3 is 2.24 bits per heavy atom. The van der Waals surface area contributed by atoms with E-state index in [0.717, 1.165) is 29.9 Å². The molecule has 1 heterocycles. The van der Waals surface area contributed by atoms with Gasteiger partial charge in [0.05, 0.1) is 5.69 Å². The third-order valence-electron chi connectivity index (χ3n) is 3.71. The van der Waals surface area contributed by atoms with Crippen molar-refractivity contribution in [1.29, 1.82) is 0 Å². The van der Waals surface area contributed by atoms with E-state index in [9.17, 15) is 0 Å². The minimum atomic E-state index is 0.173. The van der Waals surface area contributed by atoms with E-state index < -0.39 is 0 Å². The van der Waals surface area contributed by atoms with Crippen LogP contribution in [0.3, 0.4) is 0 Å². The molecule has 0 atom stereocenters. The van der Waals surface area contributed by atoms with Gasteiger partial charge in [0.25, 0.3) is 0 Å². The van der Waals surface area contributed by atoms with E-state index in [1.54, 1.807) is 6.33 Å². The molecule has 0 unspecified atom stereocenters. The molecule has 0 aliphatic heterocycles. The Labute approximate surface area is 127 Å². The average Bonchev–Trinajstić information content (AvgIpc) is 2.47. The molecule has 2 aromatic rings. The van der Waals surface area contributed by atoms with Crippen LogP contribution in [0.2, 0.25) is 0 Å². The summed E-state index contributed by atoms with van der Waals surface area (Å²) in [6.07, 6.45) is 3.69. The molecule has 1 N–H and O–H groups in total. The molecule has 0 radical (unpaired) electrons. The van der Waals surface area contributed by atoms with Gasteiger partial charge in [0.2, 0.25) is 0 Å². The van der Waals surface area contributed by atoms with Crippen LogP contribution < -0.4 is 5.32 Å². The maximum atomic E-state index is 4.52. The van der Waals surface area contributed by atoms with Gasteiger partial charge in [-0.05, 0) is 17.4 Å². The Hall–Kier alpha value is -1.90. The molecule has 0 saturated heterocycles. The molecule has 21 heavy (non-hydrogen) atoms. The maximum Gasteiger partial charge on any atom is 0.132 e. The topological polar surface area (TPSA) is 37.8 Å². The highest BCUT2D eigenvalue weighted by Gasteiger charge is 2.15. The van der Waals surface area contributed by atoms with Gasteiger partial charge in [0, 0.05) is 18.2 Å². The number of hydrogen-bond acceptors (Lipinski definition) is 3. The second kappa shape index (κ2) is 6.25. The summed E-state index contributed by atoms with van der Waals surface area (Å²) in [5.74, 6) is 0.932. The minimum absolute atomic E-state index is 0.173. The Morgan fingerprint density at radius 2 is 1.71 bits per heavy atom. The maximum absolute atomic E-state index is 4.52. The van der Waals surface area contributed by atoms with Crippen LogP contribution in [0.25, 0.3) is 11.3 Å². The minimum Gasteiger partial charge on any atom is -0.373 e. The average molecular weight is 283 g/mol. The van der Waals surface area contributed by atoms with Crippen LogP contribution in [0.4, 0.5) is 5.82 Å². The second-order valence-corrected chi connectivity index (χ2v) is 6.38. The molecule has 112 valence electrons. The summed E-state index contributed by atoms with van der Waals surface area (Å²) in [4.78, 5) is 8.85. The van der Waals surface area contributed by atoms with Crippen molar-refractivity contribution in [1.82, 2.24) is 9.97 Å². The van der Waals surface area contributed by atoms with Gasteiger partial charge in [0.1, 0.15) is 12.1 Å². The summed E-state index contributed by atoms with van der Waals surface area (Å²) in [6, 6.07) is 8.74. The van der Waals surface area contributed by atoms with Crippen LogP contribution in [-0.4, -0.2) is 17.0 Å². The van der Waals surface area contributed by atoms with Crippen molar-refractivity contribution in [2.75, 3.05) is 12.4 Å². The Balaban J connectivity index is 2.46. The van der Waals surface area contributed by atoms with Gasteiger partial charge in [-0.2, -0.15) is 0 Å². The monoisotopic (exact) mass is 283 g/mol. The van der Waals surface area contributed by atoms with Crippen LogP contribution >= 0.6 is 0 Å². The zero-order valence-electron chi connectivity index (χ0n) is 13.7. The summed E-state index contributed by atoms with van der Waals surface area (Å²) in [5.41, 5.74) is 4.91. The van der Waals surface area contributed by atoms with Crippen molar-refractivity contribution < 1.29 is 0 Å². The van der Waals surface area contributed by atoms with Crippen molar-refractivity contribution >= 4 is 5.82 Å². The molecule has 0 aliphatic carbocycles. The summed E-state index contributed by atoms with van der Waals surface area (Å²) in [6.45, 7) is 8.87. The number of anilines is 1. The van der Waals surface area contributed by atoms with Crippen molar-refractivity contribution in [3.05, 3.63) is 41.7 Å². The van der Waals surface area contributed by atoms with E-state index in [1.807, 2.05) is 7.05 Å². The van der Waals surface area contributed by atoms with Gasteiger partial charge < -0.3 is 5.32 Å². The van der Waals surface area contributed by atoms with E-state index in [0.29, 0.717) is 0 Å². The predicted octanol–water partition coefficient (Wildman–Crippen LogP) is 4.44. The number of nitrogens with zero attached hydrogens (tertiary/aromatic N) is 2. The smallest absolute Gasteiger partial charge is 0.132 e.